The maximum atomic E-state index is 12.9. The summed E-state index contributed by atoms with van der Waals surface area (Å²) in [7, 11) is 0. The average molecular weight is 417 g/mol. The van der Waals surface area contributed by atoms with Crippen LogP contribution < -0.4 is 0 Å². The molecule has 1 N–H and O–H groups in total. The van der Waals surface area contributed by atoms with Crippen molar-refractivity contribution in [2.75, 3.05) is 26.2 Å². The molecular weight excluding hydrogens is 392 g/mol. The number of amides is 1. The first kappa shape index (κ1) is 19.0. The molecule has 0 unspecified atom stereocenters. The molecule has 1 aliphatic heterocycles. The van der Waals surface area contributed by atoms with Crippen LogP contribution in [0.4, 0.5) is 0 Å². The van der Waals surface area contributed by atoms with Gasteiger partial charge in [-0.3, -0.25) is 9.69 Å². The molecule has 0 atom stereocenters. The smallest absolute Gasteiger partial charge is 0.270 e. The van der Waals surface area contributed by atoms with Crippen LogP contribution >= 0.6 is 11.3 Å². The second kappa shape index (κ2) is 8.05. The first-order valence-corrected chi connectivity index (χ1v) is 11.1. The van der Waals surface area contributed by atoms with Crippen LogP contribution in [-0.2, 0) is 6.54 Å². The number of carbonyl (C=O) groups is 1. The van der Waals surface area contributed by atoms with E-state index in [0.717, 1.165) is 54.3 Å². The third-order valence-corrected chi connectivity index (χ3v) is 6.60. The molecule has 4 aromatic rings. The van der Waals surface area contributed by atoms with Gasteiger partial charge in [-0.25, -0.2) is 4.98 Å². The van der Waals surface area contributed by atoms with E-state index in [0.29, 0.717) is 5.69 Å². The number of para-hydroxylation sites is 1. The Morgan fingerprint density at radius 2 is 1.83 bits per heavy atom. The Morgan fingerprint density at radius 3 is 2.60 bits per heavy atom. The van der Waals surface area contributed by atoms with Crippen LogP contribution in [0.5, 0.6) is 0 Å². The molecule has 3 heterocycles. The van der Waals surface area contributed by atoms with Gasteiger partial charge >= 0.3 is 0 Å². The Hall–Kier alpha value is -2.96. The molecule has 1 aliphatic rings. The average Bonchev–Trinajstić information content (AvgIpc) is 3.41. The van der Waals surface area contributed by atoms with Gasteiger partial charge in [0.1, 0.15) is 10.7 Å². The standard InChI is InChI=1S/C24H24N4OS/c1-17-6-8-18(9-7-17)23-25-20(16-30-23)15-27-10-12-28(13-11-27)24(29)22-14-19-4-2-3-5-21(19)26-22/h2-9,14,16,26H,10-13,15H2,1H3. The van der Waals surface area contributed by atoms with Gasteiger partial charge in [0.05, 0.1) is 5.69 Å². The number of aromatic nitrogens is 2. The number of nitrogens with zero attached hydrogens (tertiary/aromatic N) is 3. The zero-order valence-corrected chi connectivity index (χ0v) is 17.8. The number of H-pyrrole nitrogens is 1. The lowest BCUT2D eigenvalue weighted by atomic mass is 10.2. The monoisotopic (exact) mass is 416 g/mol. The zero-order chi connectivity index (χ0) is 20.5. The maximum absolute atomic E-state index is 12.9. The Bertz CT molecular complexity index is 1140. The molecule has 0 bridgehead atoms. The molecule has 0 radical (unpaired) electrons. The molecule has 0 aliphatic carbocycles. The summed E-state index contributed by atoms with van der Waals surface area (Å²) in [5.41, 5.74) is 5.21. The zero-order valence-electron chi connectivity index (χ0n) is 17.0. The summed E-state index contributed by atoms with van der Waals surface area (Å²) >= 11 is 1.70. The fourth-order valence-electron chi connectivity index (χ4n) is 3.91. The van der Waals surface area contributed by atoms with E-state index in [4.69, 9.17) is 4.98 Å². The number of rotatable bonds is 4. The highest BCUT2D eigenvalue weighted by Crippen LogP contribution is 2.25. The van der Waals surface area contributed by atoms with Gasteiger partial charge in [0.15, 0.2) is 0 Å². The highest BCUT2D eigenvalue weighted by molar-refractivity contribution is 7.13. The van der Waals surface area contributed by atoms with Crippen molar-refractivity contribution in [3.8, 4) is 10.6 Å². The maximum Gasteiger partial charge on any atom is 0.270 e. The van der Waals surface area contributed by atoms with Crippen LogP contribution in [0.1, 0.15) is 21.7 Å². The number of hydrogen-bond acceptors (Lipinski definition) is 4. The van der Waals surface area contributed by atoms with E-state index in [1.165, 1.54) is 11.1 Å². The number of thiazole rings is 1. The first-order chi connectivity index (χ1) is 14.7. The Kier molecular flexibility index (Phi) is 5.11. The van der Waals surface area contributed by atoms with E-state index in [-0.39, 0.29) is 5.91 Å². The Morgan fingerprint density at radius 1 is 1.07 bits per heavy atom. The highest BCUT2D eigenvalue weighted by atomic mass is 32.1. The third-order valence-electron chi connectivity index (χ3n) is 5.66. The molecular formula is C24H24N4OS. The molecule has 2 aromatic heterocycles. The fraction of sp³-hybridized carbons (Fsp3) is 0.250. The number of hydrogen-bond donors (Lipinski definition) is 1. The molecule has 6 heteroatoms. The summed E-state index contributed by atoms with van der Waals surface area (Å²) in [6.45, 7) is 6.13. The van der Waals surface area contributed by atoms with Crippen LogP contribution in [0, 0.1) is 6.92 Å². The number of fused-ring (bicyclic) bond motifs is 1. The summed E-state index contributed by atoms with van der Waals surface area (Å²) in [6.07, 6.45) is 0. The van der Waals surface area contributed by atoms with Crippen LogP contribution in [0.25, 0.3) is 21.5 Å². The van der Waals surface area contributed by atoms with Crippen LogP contribution in [-0.4, -0.2) is 51.9 Å². The van der Waals surface area contributed by atoms with Crippen molar-refractivity contribution >= 4 is 28.1 Å². The molecule has 0 spiro atoms. The predicted molar refractivity (Wildman–Crippen MR) is 122 cm³/mol. The van der Waals surface area contributed by atoms with Gasteiger partial charge in [-0.05, 0) is 19.1 Å². The SMILES string of the molecule is Cc1ccc(-c2nc(CN3CCN(C(=O)c4cc5ccccc5[nH]4)CC3)cs2)cc1. The topological polar surface area (TPSA) is 52.2 Å². The van der Waals surface area contributed by atoms with Gasteiger partial charge in [-0.15, -0.1) is 11.3 Å². The van der Waals surface area contributed by atoms with Crippen LogP contribution in [0.3, 0.4) is 0 Å². The fourth-order valence-corrected chi connectivity index (χ4v) is 4.72. The number of piperazine rings is 1. The van der Waals surface area contributed by atoms with Gasteiger partial charge in [-0.1, -0.05) is 48.0 Å². The number of aromatic amines is 1. The predicted octanol–water partition coefficient (Wildman–Crippen LogP) is 4.56. The van der Waals surface area contributed by atoms with Crippen molar-refractivity contribution in [3.63, 3.8) is 0 Å². The van der Waals surface area contributed by atoms with Crippen molar-refractivity contribution < 1.29 is 4.79 Å². The van der Waals surface area contributed by atoms with Crippen molar-refractivity contribution in [2.45, 2.75) is 13.5 Å². The summed E-state index contributed by atoms with van der Waals surface area (Å²) in [6, 6.07) is 18.5. The van der Waals surface area contributed by atoms with Crippen molar-refractivity contribution in [1.29, 1.82) is 0 Å². The number of carbonyl (C=O) groups excluding carboxylic acids is 1. The van der Waals surface area contributed by atoms with E-state index in [1.807, 2.05) is 35.2 Å². The third kappa shape index (κ3) is 3.88. The number of aryl methyl sites for hydroxylation is 1. The molecule has 30 heavy (non-hydrogen) atoms. The van der Waals surface area contributed by atoms with Crippen molar-refractivity contribution in [3.05, 3.63) is 76.9 Å². The van der Waals surface area contributed by atoms with Gasteiger partial charge in [0, 0.05) is 54.6 Å². The lowest BCUT2D eigenvalue weighted by Crippen LogP contribution is -2.48. The molecule has 1 fully saturated rings. The molecule has 1 saturated heterocycles. The van der Waals surface area contributed by atoms with E-state index in [1.54, 1.807) is 11.3 Å². The second-order valence-electron chi connectivity index (χ2n) is 7.85. The number of benzene rings is 2. The lowest BCUT2D eigenvalue weighted by molar-refractivity contribution is 0.0622. The van der Waals surface area contributed by atoms with Gasteiger partial charge in [0.25, 0.3) is 5.91 Å². The minimum absolute atomic E-state index is 0.0844. The minimum atomic E-state index is 0.0844. The molecule has 0 saturated carbocycles. The van der Waals surface area contributed by atoms with Gasteiger partial charge < -0.3 is 9.88 Å². The quantitative estimate of drug-likeness (QED) is 0.531. The molecule has 5 nitrogen and oxygen atoms in total. The van der Waals surface area contributed by atoms with Crippen LogP contribution in [0.2, 0.25) is 0 Å². The first-order valence-electron chi connectivity index (χ1n) is 10.3. The van der Waals surface area contributed by atoms with E-state index < -0.39 is 0 Å². The number of nitrogens with one attached hydrogen (secondary N) is 1. The summed E-state index contributed by atoms with van der Waals surface area (Å²) in [4.78, 5) is 25.3. The molecule has 1 amide bonds. The highest BCUT2D eigenvalue weighted by Gasteiger charge is 2.23. The van der Waals surface area contributed by atoms with Crippen LogP contribution in [0.15, 0.2) is 60.0 Å². The van der Waals surface area contributed by atoms with Gasteiger partial charge in [-0.2, -0.15) is 0 Å². The minimum Gasteiger partial charge on any atom is -0.351 e. The molecule has 2 aromatic carbocycles. The van der Waals surface area contributed by atoms with Gasteiger partial charge in [0.2, 0.25) is 0 Å². The largest absolute Gasteiger partial charge is 0.351 e. The summed E-state index contributed by atoms with van der Waals surface area (Å²) in [5, 5.41) is 4.29. The van der Waals surface area contributed by atoms with E-state index >= 15 is 0 Å². The molecule has 152 valence electrons. The Balaban J connectivity index is 1.19. The summed E-state index contributed by atoms with van der Waals surface area (Å²) < 4.78 is 0. The normalized spacial score (nSPS) is 15.0. The van der Waals surface area contributed by atoms with Crippen molar-refractivity contribution in [2.24, 2.45) is 0 Å². The molecule has 5 rings (SSSR count). The summed E-state index contributed by atoms with van der Waals surface area (Å²) in [5.74, 6) is 0.0844. The second-order valence-corrected chi connectivity index (χ2v) is 8.71. The Labute approximate surface area is 180 Å². The lowest BCUT2D eigenvalue weighted by Gasteiger charge is -2.34. The van der Waals surface area contributed by atoms with E-state index in [2.05, 4.69) is 46.5 Å². The van der Waals surface area contributed by atoms with Crippen molar-refractivity contribution in [1.82, 2.24) is 19.8 Å². The van der Waals surface area contributed by atoms with E-state index in [9.17, 15) is 4.79 Å².